The molecule has 0 heterocycles. The Hall–Kier alpha value is -2.53. The van der Waals surface area contributed by atoms with Gasteiger partial charge in [-0.15, -0.1) is 0 Å². The van der Waals surface area contributed by atoms with Gasteiger partial charge in [0.15, 0.2) is 6.04 Å². The van der Waals surface area contributed by atoms with Crippen molar-refractivity contribution in [3.63, 3.8) is 0 Å². The maximum absolute atomic E-state index is 12.1. The zero-order valence-corrected chi connectivity index (χ0v) is 11.5. The summed E-state index contributed by atoms with van der Waals surface area (Å²) in [6, 6.07) is 11.1. The predicted molar refractivity (Wildman–Crippen MR) is 77.4 cm³/mol. The molecule has 108 valence electrons. The number of carbonyl (C=O) groups is 2. The van der Waals surface area contributed by atoms with Gasteiger partial charge >= 0.3 is 5.97 Å². The summed E-state index contributed by atoms with van der Waals surface area (Å²) >= 11 is 5.69. The van der Waals surface area contributed by atoms with Crippen LogP contribution in [0, 0.1) is 0 Å². The molecular weight excluding hydrogens is 294 g/mol. The predicted octanol–water partition coefficient (Wildman–Crippen LogP) is 2.60. The van der Waals surface area contributed by atoms with Gasteiger partial charge in [-0.3, -0.25) is 4.79 Å². The van der Waals surface area contributed by atoms with Crippen molar-refractivity contribution in [3.8, 4) is 5.75 Å². The second-order valence-corrected chi connectivity index (χ2v) is 4.75. The first-order chi connectivity index (χ1) is 9.99. The number of carboxylic acids is 1. The molecule has 0 saturated carbocycles. The number of rotatable bonds is 4. The molecular formula is C15H12ClNO4. The molecule has 21 heavy (non-hydrogen) atoms. The average Bonchev–Trinajstić information content (AvgIpc) is 2.45. The molecule has 5 nitrogen and oxygen atoms in total. The average molecular weight is 306 g/mol. The third kappa shape index (κ3) is 3.52. The van der Waals surface area contributed by atoms with Crippen molar-refractivity contribution in [2.45, 2.75) is 6.04 Å². The highest BCUT2D eigenvalue weighted by Gasteiger charge is 2.23. The number of phenols is 1. The van der Waals surface area contributed by atoms with Gasteiger partial charge in [0.2, 0.25) is 0 Å². The molecule has 1 amide bonds. The number of hydrogen-bond donors (Lipinski definition) is 3. The molecule has 1 atom stereocenters. The van der Waals surface area contributed by atoms with E-state index >= 15 is 0 Å². The number of aromatic hydroxyl groups is 1. The number of carboxylic acid groups (broad SMARTS) is 1. The van der Waals surface area contributed by atoms with Gasteiger partial charge < -0.3 is 15.5 Å². The quantitative estimate of drug-likeness (QED) is 0.810. The molecule has 6 heteroatoms. The van der Waals surface area contributed by atoms with Crippen molar-refractivity contribution in [1.82, 2.24) is 5.32 Å². The number of benzene rings is 2. The Morgan fingerprint density at radius 1 is 1.10 bits per heavy atom. The molecule has 0 spiro atoms. The van der Waals surface area contributed by atoms with E-state index < -0.39 is 17.9 Å². The van der Waals surface area contributed by atoms with E-state index in [9.17, 15) is 19.8 Å². The van der Waals surface area contributed by atoms with Crippen LogP contribution in [0.15, 0.2) is 48.5 Å². The van der Waals surface area contributed by atoms with Crippen LogP contribution in [-0.2, 0) is 4.79 Å². The summed E-state index contributed by atoms with van der Waals surface area (Å²) in [7, 11) is 0. The normalized spacial score (nSPS) is 11.7. The van der Waals surface area contributed by atoms with Gasteiger partial charge in [0.25, 0.3) is 5.91 Å². The summed E-state index contributed by atoms with van der Waals surface area (Å²) in [5, 5.41) is 21.6. The van der Waals surface area contributed by atoms with Crippen LogP contribution in [0.2, 0.25) is 5.02 Å². The molecule has 0 saturated heterocycles. The molecule has 0 bridgehead atoms. The second kappa shape index (κ2) is 6.28. The summed E-state index contributed by atoms with van der Waals surface area (Å²) in [4.78, 5) is 23.4. The van der Waals surface area contributed by atoms with E-state index in [1.807, 2.05) is 0 Å². The molecule has 3 N–H and O–H groups in total. The van der Waals surface area contributed by atoms with E-state index in [0.29, 0.717) is 5.56 Å². The summed E-state index contributed by atoms with van der Waals surface area (Å²) in [5.74, 6) is -2.19. The van der Waals surface area contributed by atoms with Crippen LogP contribution in [0.5, 0.6) is 5.75 Å². The van der Waals surface area contributed by atoms with E-state index in [0.717, 1.165) is 0 Å². The zero-order valence-electron chi connectivity index (χ0n) is 10.8. The van der Waals surface area contributed by atoms with Gasteiger partial charge in [0, 0.05) is 5.02 Å². The smallest absolute Gasteiger partial charge is 0.330 e. The van der Waals surface area contributed by atoms with Gasteiger partial charge in [-0.25, -0.2) is 4.79 Å². The number of nitrogens with one attached hydrogen (secondary N) is 1. The van der Waals surface area contributed by atoms with Crippen molar-refractivity contribution in [3.05, 3.63) is 64.7 Å². The molecule has 2 aromatic rings. The number of hydrogen-bond acceptors (Lipinski definition) is 3. The molecule has 0 aromatic heterocycles. The van der Waals surface area contributed by atoms with Gasteiger partial charge in [-0.1, -0.05) is 41.9 Å². The van der Waals surface area contributed by atoms with Crippen LogP contribution in [0.3, 0.4) is 0 Å². The fraction of sp³-hybridized carbons (Fsp3) is 0.0667. The molecule has 0 aliphatic heterocycles. The molecule has 0 radical (unpaired) electrons. The Bertz CT molecular complexity index is 673. The molecule has 0 fully saturated rings. The Balaban J connectivity index is 2.25. The monoisotopic (exact) mass is 305 g/mol. The van der Waals surface area contributed by atoms with E-state index in [-0.39, 0.29) is 16.3 Å². The third-order valence-electron chi connectivity index (χ3n) is 2.86. The lowest BCUT2D eigenvalue weighted by Crippen LogP contribution is -2.33. The molecule has 0 aliphatic rings. The summed E-state index contributed by atoms with van der Waals surface area (Å²) in [5.41, 5.74) is 0.397. The number of amides is 1. The number of carbonyl (C=O) groups excluding carboxylic acids is 1. The van der Waals surface area contributed by atoms with Crippen LogP contribution in [0.4, 0.5) is 0 Å². The maximum Gasteiger partial charge on any atom is 0.330 e. The summed E-state index contributed by atoms with van der Waals surface area (Å²) < 4.78 is 0. The number of halogens is 1. The van der Waals surface area contributed by atoms with Gasteiger partial charge in [-0.05, 0) is 23.8 Å². The van der Waals surface area contributed by atoms with Crippen LogP contribution < -0.4 is 5.32 Å². The highest BCUT2D eigenvalue weighted by molar-refractivity contribution is 6.30. The zero-order chi connectivity index (χ0) is 15.4. The minimum atomic E-state index is -1.20. The molecule has 2 rings (SSSR count). The Morgan fingerprint density at radius 2 is 1.76 bits per heavy atom. The first kappa shape index (κ1) is 14.9. The number of aliphatic carboxylic acids is 1. The Morgan fingerprint density at radius 3 is 2.33 bits per heavy atom. The van der Waals surface area contributed by atoms with Gasteiger partial charge in [0.1, 0.15) is 5.75 Å². The van der Waals surface area contributed by atoms with E-state index in [1.54, 1.807) is 30.3 Å². The van der Waals surface area contributed by atoms with E-state index in [2.05, 4.69) is 5.32 Å². The lowest BCUT2D eigenvalue weighted by atomic mass is 10.1. The van der Waals surface area contributed by atoms with Gasteiger partial charge in [-0.2, -0.15) is 0 Å². The lowest BCUT2D eigenvalue weighted by molar-refractivity contribution is -0.139. The fourth-order valence-corrected chi connectivity index (χ4v) is 2.01. The molecule has 0 aliphatic carbocycles. The lowest BCUT2D eigenvalue weighted by Gasteiger charge is -2.15. The number of phenolic OH excluding ortho intramolecular Hbond substituents is 1. The van der Waals surface area contributed by atoms with Crippen molar-refractivity contribution < 1.29 is 19.8 Å². The standard InChI is InChI=1S/C15H12ClNO4/c16-10-6-7-11(12(18)8-10)14(19)17-13(15(20)21)9-4-2-1-3-5-9/h1-8,13,18H,(H,17,19)(H,20,21). The largest absolute Gasteiger partial charge is 0.507 e. The van der Waals surface area contributed by atoms with Crippen molar-refractivity contribution in [1.29, 1.82) is 0 Å². The Labute approximate surface area is 125 Å². The van der Waals surface area contributed by atoms with Crippen LogP contribution in [-0.4, -0.2) is 22.1 Å². The topological polar surface area (TPSA) is 86.6 Å². The first-order valence-corrected chi connectivity index (χ1v) is 6.44. The molecule has 1 unspecified atom stereocenters. The fourth-order valence-electron chi connectivity index (χ4n) is 1.84. The maximum atomic E-state index is 12.1. The van der Waals surface area contributed by atoms with E-state index in [4.69, 9.17) is 11.6 Å². The minimum absolute atomic E-state index is 0.0402. The molecule has 2 aromatic carbocycles. The highest BCUT2D eigenvalue weighted by atomic mass is 35.5. The van der Waals surface area contributed by atoms with Gasteiger partial charge in [0.05, 0.1) is 5.56 Å². The summed E-state index contributed by atoms with van der Waals surface area (Å²) in [6.07, 6.45) is 0. The minimum Gasteiger partial charge on any atom is -0.507 e. The third-order valence-corrected chi connectivity index (χ3v) is 3.09. The van der Waals surface area contributed by atoms with E-state index in [1.165, 1.54) is 18.2 Å². The summed E-state index contributed by atoms with van der Waals surface area (Å²) in [6.45, 7) is 0. The highest BCUT2D eigenvalue weighted by Crippen LogP contribution is 2.23. The van der Waals surface area contributed by atoms with Crippen molar-refractivity contribution >= 4 is 23.5 Å². The second-order valence-electron chi connectivity index (χ2n) is 4.32. The van der Waals surface area contributed by atoms with Crippen LogP contribution >= 0.6 is 11.6 Å². The first-order valence-electron chi connectivity index (χ1n) is 6.06. The Kier molecular flexibility index (Phi) is 4.45. The van der Waals surface area contributed by atoms with Crippen molar-refractivity contribution in [2.75, 3.05) is 0 Å². The van der Waals surface area contributed by atoms with Crippen molar-refractivity contribution in [2.24, 2.45) is 0 Å². The SMILES string of the molecule is O=C(NC(C(=O)O)c1ccccc1)c1ccc(Cl)cc1O. The van der Waals surface area contributed by atoms with Crippen LogP contribution in [0.25, 0.3) is 0 Å². The van der Waals surface area contributed by atoms with Crippen LogP contribution in [0.1, 0.15) is 22.0 Å².